The molecule has 4 nitrogen and oxygen atoms in total. The molecule has 2 aromatic rings. The van der Waals surface area contributed by atoms with Crippen molar-refractivity contribution in [1.29, 1.82) is 0 Å². The van der Waals surface area contributed by atoms with Gasteiger partial charge in [0.2, 0.25) is 0 Å². The third-order valence-electron chi connectivity index (χ3n) is 3.03. The molecule has 0 spiro atoms. The fourth-order valence-electron chi connectivity index (χ4n) is 1.48. The molecule has 2 rings (SSSR count). The summed E-state index contributed by atoms with van der Waals surface area (Å²) < 4.78 is 0. The number of rotatable bonds is 0. The Bertz CT molecular complexity index is 526. The Morgan fingerprint density at radius 1 is 0.526 bits per heavy atom. The molecule has 0 amide bonds. The van der Waals surface area contributed by atoms with Crippen LogP contribution in [-0.2, 0) is 0 Å². The Morgan fingerprint density at radius 3 is 1.21 bits per heavy atom. The van der Waals surface area contributed by atoms with Crippen LogP contribution in [0.3, 0.4) is 0 Å². The Balaban J connectivity index is 0.000000191. The van der Waals surface area contributed by atoms with Crippen molar-refractivity contribution in [3.8, 4) is 0 Å². The average molecular weight is 258 g/mol. The molecule has 4 heteroatoms. The molecular weight excluding hydrogens is 236 g/mol. The summed E-state index contributed by atoms with van der Waals surface area (Å²) in [5, 5.41) is 0. The second-order valence-corrected chi connectivity index (χ2v) is 4.75. The molecule has 0 N–H and O–H groups in total. The lowest BCUT2D eigenvalue weighted by Crippen LogP contribution is -1.97. The smallest absolute Gasteiger partial charge is 0.0588 e. The van der Waals surface area contributed by atoms with Crippen molar-refractivity contribution in [2.45, 2.75) is 48.5 Å². The fourth-order valence-corrected chi connectivity index (χ4v) is 1.48. The van der Waals surface area contributed by atoms with Crippen LogP contribution in [0.1, 0.15) is 39.9 Å². The van der Waals surface area contributed by atoms with Crippen molar-refractivity contribution in [2.24, 2.45) is 0 Å². The molecule has 2 heterocycles. The summed E-state index contributed by atoms with van der Waals surface area (Å²) in [6, 6.07) is 0. The highest BCUT2D eigenvalue weighted by atomic mass is 14.8. The largest absolute Gasteiger partial charge is 0.258 e. The lowest BCUT2D eigenvalue weighted by molar-refractivity contribution is 0.959. The van der Waals surface area contributed by atoms with E-state index in [2.05, 4.69) is 19.9 Å². The molecule has 0 aromatic carbocycles. The van der Waals surface area contributed by atoms with E-state index in [9.17, 15) is 0 Å². The van der Waals surface area contributed by atoms with Crippen LogP contribution in [0.15, 0.2) is 6.20 Å². The summed E-state index contributed by atoms with van der Waals surface area (Å²) in [4.78, 5) is 16.9. The van der Waals surface area contributed by atoms with Gasteiger partial charge in [-0.2, -0.15) is 0 Å². The van der Waals surface area contributed by atoms with Crippen LogP contribution in [0.4, 0.5) is 0 Å². The summed E-state index contributed by atoms with van der Waals surface area (Å²) in [7, 11) is 0. The van der Waals surface area contributed by atoms with E-state index in [1.165, 1.54) is 0 Å². The molecule has 102 valence electrons. The fraction of sp³-hybridized carbons (Fsp3) is 0.467. The predicted molar refractivity (Wildman–Crippen MR) is 77.2 cm³/mol. The van der Waals surface area contributed by atoms with Gasteiger partial charge in [0.05, 0.1) is 39.9 Å². The number of hydrogen-bond donors (Lipinski definition) is 0. The molecular formula is C15H22N4. The van der Waals surface area contributed by atoms with Crippen LogP contribution in [0.5, 0.6) is 0 Å². The third-order valence-corrected chi connectivity index (χ3v) is 3.03. The van der Waals surface area contributed by atoms with E-state index in [1.807, 2.05) is 48.5 Å². The van der Waals surface area contributed by atoms with Crippen LogP contribution in [0, 0.1) is 48.5 Å². The van der Waals surface area contributed by atoms with Gasteiger partial charge in [0.25, 0.3) is 0 Å². The third kappa shape index (κ3) is 4.39. The Hall–Kier alpha value is -1.84. The molecule has 0 unspecified atom stereocenters. The van der Waals surface area contributed by atoms with Crippen molar-refractivity contribution in [3.63, 3.8) is 0 Å². The first-order valence-corrected chi connectivity index (χ1v) is 6.36. The Morgan fingerprint density at radius 2 is 0.895 bits per heavy atom. The number of hydrogen-bond acceptors (Lipinski definition) is 4. The van der Waals surface area contributed by atoms with E-state index in [-0.39, 0.29) is 0 Å². The zero-order valence-corrected chi connectivity index (χ0v) is 12.9. The van der Waals surface area contributed by atoms with E-state index in [4.69, 9.17) is 0 Å². The molecule has 0 saturated carbocycles. The lowest BCUT2D eigenvalue weighted by atomic mass is 10.3. The number of aryl methyl sites for hydroxylation is 7. The highest BCUT2D eigenvalue weighted by Gasteiger charge is 1.98. The summed E-state index contributed by atoms with van der Waals surface area (Å²) in [5.74, 6) is 0. The van der Waals surface area contributed by atoms with Crippen LogP contribution in [0.2, 0.25) is 0 Å². The van der Waals surface area contributed by atoms with Gasteiger partial charge in [-0.1, -0.05) is 0 Å². The van der Waals surface area contributed by atoms with Crippen molar-refractivity contribution < 1.29 is 0 Å². The van der Waals surface area contributed by atoms with Gasteiger partial charge in [0.1, 0.15) is 0 Å². The minimum atomic E-state index is 0.984. The topological polar surface area (TPSA) is 51.6 Å². The molecule has 0 aliphatic heterocycles. The van der Waals surface area contributed by atoms with Gasteiger partial charge in [-0.05, 0) is 48.5 Å². The SMILES string of the molecule is Cc1cnc(C)c(C)n1.Cc1nc(C)c(C)nc1C. The second-order valence-electron chi connectivity index (χ2n) is 4.75. The lowest BCUT2D eigenvalue weighted by Gasteiger charge is -2.01. The van der Waals surface area contributed by atoms with Crippen LogP contribution in [0.25, 0.3) is 0 Å². The van der Waals surface area contributed by atoms with Crippen LogP contribution in [-0.4, -0.2) is 19.9 Å². The maximum Gasteiger partial charge on any atom is 0.0588 e. The van der Waals surface area contributed by atoms with Gasteiger partial charge >= 0.3 is 0 Å². The average Bonchev–Trinajstić information content (AvgIpc) is 2.33. The van der Waals surface area contributed by atoms with E-state index in [0.717, 1.165) is 39.9 Å². The molecule has 0 aliphatic rings. The van der Waals surface area contributed by atoms with Crippen molar-refractivity contribution in [2.75, 3.05) is 0 Å². The minimum Gasteiger partial charge on any atom is -0.258 e. The summed E-state index contributed by atoms with van der Waals surface area (Å²) in [6.45, 7) is 13.8. The minimum absolute atomic E-state index is 0.984. The Labute approximate surface area is 115 Å². The highest BCUT2D eigenvalue weighted by Crippen LogP contribution is 2.04. The van der Waals surface area contributed by atoms with Crippen LogP contribution >= 0.6 is 0 Å². The zero-order chi connectivity index (χ0) is 14.6. The molecule has 0 atom stereocenters. The zero-order valence-electron chi connectivity index (χ0n) is 12.9. The van der Waals surface area contributed by atoms with Crippen molar-refractivity contribution in [3.05, 3.63) is 46.1 Å². The quantitative estimate of drug-likeness (QED) is 0.728. The van der Waals surface area contributed by atoms with Gasteiger partial charge in [0, 0.05) is 6.20 Å². The Kier molecular flexibility index (Phi) is 5.10. The van der Waals surface area contributed by atoms with E-state index >= 15 is 0 Å². The van der Waals surface area contributed by atoms with Gasteiger partial charge in [-0.15, -0.1) is 0 Å². The molecule has 0 radical (unpaired) electrons. The van der Waals surface area contributed by atoms with Gasteiger partial charge in [-0.3, -0.25) is 19.9 Å². The first kappa shape index (κ1) is 15.2. The maximum atomic E-state index is 4.31. The van der Waals surface area contributed by atoms with E-state index < -0.39 is 0 Å². The molecule has 0 saturated heterocycles. The monoisotopic (exact) mass is 258 g/mol. The molecule has 0 bridgehead atoms. The molecule has 19 heavy (non-hydrogen) atoms. The maximum absolute atomic E-state index is 4.31. The van der Waals surface area contributed by atoms with Gasteiger partial charge in [0.15, 0.2) is 0 Å². The normalized spacial score (nSPS) is 9.84. The van der Waals surface area contributed by atoms with Crippen molar-refractivity contribution >= 4 is 0 Å². The highest BCUT2D eigenvalue weighted by molar-refractivity contribution is 5.16. The van der Waals surface area contributed by atoms with Gasteiger partial charge in [-0.25, -0.2) is 0 Å². The molecule has 0 fully saturated rings. The van der Waals surface area contributed by atoms with E-state index in [0.29, 0.717) is 0 Å². The van der Waals surface area contributed by atoms with Gasteiger partial charge < -0.3 is 0 Å². The van der Waals surface area contributed by atoms with Crippen LogP contribution < -0.4 is 0 Å². The predicted octanol–water partition coefficient (Wildman–Crippen LogP) is 3.11. The standard InChI is InChI=1S/C8H12N2.C7H10N2/c1-5-6(2)10-8(4)7(3)9-5;1-5-4-8-6(2)7(3)9-5/h1-4H3;4H,1-3H3. The van der Waals surface area contributed by atoms with E-state index in [1.54, 1.807) is 6.20 Å². The van der Waals surface area contributed by atoms with Crippen molar-refractivity contribution in [1.82, 2.24) is 19.9 Å². The molecule has 0 aliphatic carbocycles. The second kappa shape index (κ2) is 6.36. The first-order chi connectivity index (χ1) is 8.81. The summed E-state index contributed by atoms with van der Waals surface area (Å²) in [6.07, 6.45) is 1.78. The molecule has 2 aromatic heterocycles. The first-order valence-electron chi connectivity index (χ1n) is 6.36. The summed E-state index contributed by atoms with van der Waals surface area (Å²) >= 11 is 0. The number of aromatic nitrogens is 4. The summed E-state index contributed by atoms with van der Waals surface area (Å²) in [5.41, 5.74) is 7.14. The number of nitrogens with zero attached hydrogens (tertiary/aromatic N) is 4.